The summed E-state index contributed by atoms with van der Waals surface area (Å²) in [6.07, 6.45) is 13.2. The topological polar surface area (TPSA) is 31.6 Å². The van der Waals surface area contributed by atoms with Crippen LogP contribution in [0, 0.1) is 5.41 Å². The summed E-state index contributed by atoms with van der Waals surface area (Å²) in [4.78, 5) is 6.61. The van der Waals surface area contributed by atoms with Crippen molar-refractivity contribution < 1.29 is 0 Å². The van der Waals surface area contributed by atoms with E-state index in [4.69, 9.17) is 0 Å². The Morgan fingerprint density at radius 2 is 1.32 bits per heavy atom. The van der Waals surface area contributed by atoms with Crippen molar-refractivity contribution in [1.29, 1.82) is 0 Å². The van der Waals surface area contributed by atoms with Gasteiger partial charge in [0.05, 0.1) is 5.16 Å². The van der Waals surface area contributed by atoms with E-state index in [1.165, 1.54) is 17.3 Å². The lowest BCUT2D eigenvalue weighted by molar-refractivity contribution is 0.491. The second kappa shape index (κ2) is 8.35. The second-order valence-corrected chi connectivity index (χ2v) is 16.8. The Kier molecular flexibility index (Phi) is 6.61. The predicted octanol–water partition coefficient (Wildman–Crippen LogP) is 8.21. The van der Waals surface area contributed by atoms with Crippen LogP contribution in [0.15, 0.2) is 59.7 Å². The summed E-state index contributed by atoms with van der Waals surface area (Å²) in [5, 5.41) is 0.376. The average molecular weight is 457 g/mol. The molecule has 0 amide bonds. The average Bonchev–Trinajstić information content (AvgIpc) is 3.38. The van der Waals surface area contributed by atoms with Crippen molar-refractivity contribution in [3.63, 3.8) is 0 Å². The van der Waals surface area contributed by atoms with Crippen LogP contribution in [0.3, 0.4) is 0 Å². The number of nitrogens with one attached hydrogen (secondary N) is 2. The van der Waals surface area contributed by atoms with Gasteiger partial charge in [0.2, 0.25) is 0 Å². The molecule has 0 fully saturated rings. The summed E-state index contributed by atoms with van der Waals surface area (Å²) in [5.41, 5.74) is 7.43. The summed E-state index contributed by atoms with van der Waals surface area (Å²) < 4.78 is 0. The molecule has 4 heteroatoms. The van der Waals surface area contributed by atoms with Crippen LogP contribution in [0.2, 0.25) is 0 Å². The normalized spacial score (nSPS) is 16.4. The van der Waals surface area contributed by atoms with Crippen molar-refractivity contribution in [2.24, 2.45) is 5.41 Å². The molecule has 1 unspecified atom stereocenters. The van der Waals surface area contributed by atoms with Crippen LogP contribution in [0.5, 0.6) is 0 Å². The van der Waals surface area contributed by atoms with Crippen molar-refractivity contribution in [1.82, 2.24) is 9.97 Å². The smallest absolute Gasteiger partial charge is 0.0590 e. The molecule has 0 aliphatic heterocycles. The Morgan fingerprint density at radius 3 is 1.68 bits per heavy atom. The zero-order chi connectivity index (χ0) is 23.2. The minimum atomic E-state index is -0.227. The van der Waals surface area contributed by atoms with Gasteiger partial charge in [-0.15, -0.1) is 9.24 Å². The Labute approximate surface area is 193 Å². The molecule has 170 valence electrons. The third-order valence-electron chi connectivity index (χ3n) is 6.60. The van der Waals surface area contributed by atoms with Gasteiger partial charge in [0.15, 0.2) is 0 Å². The van der Waals surface area contributed by atoms with E-state index in [0.717, 1.165) is 6.42 Å². The highest BCUT2D eigenvalue weighted by Crippen LogP contribution is 2.62. The number of hydrogen-bond acceptors (Lipinski definition) is 0. The number of H-pyrrole nitrogens is 2. The van der Waals surface area contributed by atoms with E-state index in [-0.39, 0.29) is 18.5 Å². The van der Waals surface area contributed by atoms with Gasteiger partial charge < -0.3 is 9.97 Å². The van der Waals surface area contributed by atoms with Crippen molar-refractivity contribution in [3.05, 3.63) is 70.8 Å². The van der Waals surface area contributed by atoms with Crippen LogP contribution in [0.25, 0.3) is 0 Å². The summed E-state index contributed by atoms with van der Waals surface area (Å²) in [6.45, 7) is 21.6. The van der Waals surface area contributed by atoms with E-state index in [9.17, 15) is 0 Å². The van der Waals surface area contributed by atoms with Crippen molar-refractivity contribution in [2.75, 3.05) is 6.16 Å². The molecule has 2 heterocycles. The molecule has 0 spiro atoms. The van der Waals surface area contributed by atoms with Crippen LogP contribution in [0.1, 0.15) is 79.9 Å². The highest BCUT2D eigenvalue weighted by Gasteiger charge is 2.42. The molecular weight excluding hydrogens is 414 g/mol. The van der Waals surface area contributed by atoms with Gasteiger partial charge in [-0.05, 0) is 62.7 Å². The maximum absolute atomic E-state index is 3.31. The van der Waals surface area contributed by atoms with Crippen LogP contribution in [-0.2, 0) is 5.16 Å². The van der Waals surface area contributed by atoms with Crippen LogP contribution in [0.4, 0.5) is 0 Å². The fourth-order valence-corrected chi connectivity index (χ4v) is 9.20. The van der Waals surface area contributed by atoms with Crippen LogP contribution >= 0.6 is 17.2 Å². The third-order valence-corrected chi connectivity index (χ3v) is 11.5. The Bertz CT molecular complexity index is 892. The van der Waals surface area contributed by atoms with Gasteiger partial charge in [-0.1, -0.05) is 81.9 Å². The van der Waals surface area contributed by atoms with Gasteiger partial charge >= 0.3 is 0 Å². The highest BCUT2D eigenvalue weighted by molar-refractivity contribution is 7.61. The molecular formula is C27H42N2P2. The second-order valence-electron chi connectivity index (χ2n) is 12.0. The molecule has 0 radical (unpaired) electrons. The van der Waals surface area contributed by atoms with Gasteiger partial charge in [0, 0.05) is 24.8 Å². The van der Waals surface area contributed by atoms with Crippen molar-refractivity contribution in [3.8, 4) is 0 Å². The number of allylic oxidation sites excluding steroid dienone is 4. The van der Waals surface area contributed by atoms with Crippen molar-refractivity contribution in [2.45, 2.75) is 84.2 Å². The largest absolute Gasteiger partial charge is 0.367 e. The fraction of sp³-hybridized carbons (Fsp3) is 0.556. The monoisotopic (exact) mass is 456 g/mol. The molecule has 1 aliphatic rings. The Hall–Kier alpha value is -1.10. The minimum Gasteiger partial charge on any atom is -0.367 e. The number of rotatable bonds is 5. The van der Waals surface area contributed by atoms with E-state index >= 15 is 0 Å². The summed E-state index contributed by atoms with van der Waals surface area (Å²) in [5.74, 6) is 0. The third kappa shape index (κ3) is 4.96. The molecule has 1 aliphatic carbocycles. The maximum Gasteiger partial charge on any atom is 0.0590 e. The summed E-state index contributed by atoms with van der Waals surface area (Å²) in [7, 11) is 3.03. The molecule has 2 N–H and O–H groups in total. The lowest BCUT2D eigenvalue weighted by atomic mass is 9.80. The standard InChI is InChI=1S/C27H42N2P2/c1-24(2,3)22-14-19(18-31(25(4,5)6)26(7,8)9)23(15-22)27(30,20-10-12-28-16-20)21-11-13-29-17-21/h10-14,16-17,28-29H,15,18,30H2,1-9H3. The summed E-state index contributed by atoms with van der Waals surface area (Å²) in [6, 6.07) is 4.46. The van der Waals surface area contributed by atoms with Crippen LogP contribution < -0.4 is 0 Å². The molecule has 3 rings (SSSR count). The molecule has 0 saturated heterocycles. The summed E-state index contributed by atoms with van der Waals surface area (Å²) >= 11 is 0. The van der Waals surface area contributed by atoms with E-state index in [1.54, 1.807) is 16.7 Å². The lowest BCUT2D eigenvalue weighted by Crippen LogP contribution is -2.28. The lowest BCUT2D eigenvalue weighted by Gasteiger charge is -2.42. The number of hydrogen-bond donors (Lipinski definition) is 2. The Balaban J connectivity index is 2.20. The van der Waals surface area contributed by atoms with Crippen molar-refractivity contribution >= 4 is 17.2 Å². The number of aromatic amines is 2. The SMILES string of the molecule is CC(C)(C)C1=CC(CP(C(C)(C)C)C(C)(C)C)=C(C(P)(c2cc[nH]c2)c2cc[nH]c2)C1. The van der Waals surface area contributed by atoms with Gasteiger partial charge in [0.1, 0.15) is 0 Å². The minimum absolute atomic E-state index is 0.168. The first-order valence-electron chi connectivity index (χ1n) is 11.4. The quantitative estimate of drug-likeness (QED) is 0.425. The van der Waals surface area contributed by atoms with Gasteiger partial charge in [-0.2, -0.15) is 0 Å². The maximum atomic E-state index is 3.31. The molecule has 0 bridgehead atoms. The van der Waals surface area contributed by atoms with Gasteiger partial charge in [-0.25, -0.2) is 0 Å². The van der Waals surface area contributed by atoms with E-state index in [1.807, 2.05) is 12.4 Å². The first-order chi connectivity index (χ1) is 14.1. The zero-order valence-corrected chi connectivity index (χ0v) is 23.0. The van der Waals surface area contributed by atoms with E-state index in [0.29, 0.717) is 10.3 Å². The first kappa shape index (κ1) is 24.5. The molecule has 2 aromatic rings. The zero-order valence-electron chi connectivity index (χ0n) is 21.0. The van der Waals surface area contributed by atoms with Gasteiger partial charge in [-0.3, -0.25) is 0 Å². The highest BCUT2D eigenvalue weighted by atomic mass is 31.1. The molecule has 31 heavy (non-hydrogen) atoms. The molecule has 0 saturated carbocycles. The number of aromatic nitrogens is 2. The molecule has 1 atom stereocenters. The molecule has 2 nitrogen and oxygen atoms in total. The predicted molar refractivity (Wildman–Crippen MR) is 143 cm³/mol. The Morgan fingerprint density at radius 1 is 0.839 bits per heavy atom. The fourth-order valence-electron chi connectivity index (χ4n) is 4.97. The molecule has 0 aromatic carbocycles. The van der Waals surface area contributed by atoms with Gasteiger partial charge in [0.25, 0.3) is 0 Å². The van der Waals surface area contributed by atoms with E-state index < -0.39 is 0 Å². The molecule has 2 aromatic heterocycles. The van der Waals surface area contributed by atoms with Crippen LogP contribution in [-0.4, -0.2) is 26.4 Å². The van der Waals surface area contributed by atoms with E-state index in [2.05, 4.69) is 112 Å². The first-order valence-corrected chi connectivity index (χ1v) is 13.5.